The Morgan fingerprint density at radius 2 is 1.17 bits per heavy atom. The zero-order valence-corrected chi connectivity index (χ0v) is 8.86. The van der Waals surface area contributed by atoms with Crippen molar-refractivity contribution in [3.05, 3.63) is 0 Å². The first-order chi connectivity index (χ1) is 5.64. The Balaban J connectivity index is 0.000000202. The molecule has 1 fully saturated rings. The highest BCUT2D eigenvalue weighted by molar-refractivity contribution is 6.63. The molecule has 1 nitrogen and oxygen atoms in total. The molecule has 1 saturated carbocycles. The average molecular weight is 191 g/mol. The van der Waals surface area contributed by atoms with Crippen LogP contribution in [-0.2, 0) is 4.79 Å². The second-order valence-corrected chi connectivity index (χ2v) is 3.95. The second kappa shape index (κ2) is 7.60. The van der Waals surface area contributed by atoms with E-state index in [-0.39, 0.29) is 11.2 Å². The smallest absolute Gasteiger partial charge is 0.224 e. The fraction of sp³-hybridized carbons (Fsp3) is 0.900. The maximum absolute atomic E-state index is 9.91. The van der Waals surface area contributed by atoms with Gasteiger partial charge in [-0.05, 0) is 11.6 Å². The number of carbonyl (C=O) groups is 1. The molecule has 0 atom stereocenters. The van der Waals surface area contributed by atoms with Gasteiger partial charge < -0.3 is 0 Å². The van der Waals surface area contributed by atoms with Gasteiger partial charge in [0.25, 0.3) is 0 Å². The van der Waals surface area contributed by atoms with E-state index < -0.39 is 0 Å². The van der Waals surface area contributed by atoms with E-state index in [0.717, 1.165) is 0 Å². The molecule has 1 aliphatic rings. The van der Waals surface area contributed by atoms with E-state index >= 15 is 0 Å². The molecule has 2 heteroatoms. The van der Waals surface area contributed by atoms with Crippen LogP contribution >= 0.6 is 11.6 Å². The predicted molar refractivity (Wildman–Crippen MR) is 53.4 cm³/mol. The summed E-state index contributed by atoms with van der Waals surface area (Å²) in [5, 5.41) is -0.269. The molecule has 0 saturated heterocycles. The van der Waals surface area contributed by atoms with Gasteiger partial charge in [-0.3, -0.25) is 4.79 Å². The van der Waals surface area contributed by atoms with E-state index in [1.165, 1.54) is 38.5 Å². The largest absolute Gasteiger partial charge is 0.281 e. The van der Waals surface area contributed by atoms with Gasteiger partial charge in [0.2, 0.25) is 5.24 Å². The molecule has 0 heterocycles. The molecule has 1 aliphatic carbocycles. The van der Waals surface area contributed by atoms with Crippen molar-refractivity contribution in [2.24, 2.45) is 5.92 Å². The van der Waals surface area contributed by atoms with Crippen molar-refractivity contribution in [1.82, 2.24) is 0 Å². The first-order valence-electron chi connectivity index (χ1n) is 4.84. The van der Waals surface area contributed by atoms with Crippen molar-refractivity contribution < 1.29 is 4.79 Å². The molecule has 72 valence electrons. The Labute approximate surface area is 80.5 Å². The standard InChI is InChI=1S/C6H12.C4H7ClO/c1-2-4-6-5-3-1;1-3(2)4(5)6/h1-6H2;3H,1-2H3. The monoisotopic (exact) mass is 190 g/mol. The molecular weight excluding hydrogens is 172 g/mol. The molecular formula is C10H19ClO. The van der Waals surface area contributed by atoms with Crippen LogP contribution in [0.1, 0.15) is 52.4 Å². The van der Waals surface area contributed by atoms with Crippen LogP contribution in [-0.4, -0.2) is 5.24 Å². The van der Waals surface area contributed by atoms with Crippen molar-refractivity contribution in [2.75, 3.05) is 0 Å². The van der Waals surface area contributed by atoms with Crippen LogP contribution < -0.4 is 0 Å². The molecule has 0 radical (unpaired) electrons. The minimum absolute atomic E-state index is 0.0216. The summed E-state index contributed by atoms with van der Waals surface area (Å²) in [6, 6.07) is 0. The lowest BCUT2D eigenvalue weighted by Gasteiger charge is -2.05. The molecule has 0 aromatic rings. The average Bonchev–Trinajstić information content (AvgIpc) is 2.08. The maximum Gasteiger partial charge on any atom is 0.224 e. The molecule has 12 heavy (non-hydrogen) atoms. The third-order valence-corrected chi connectivity index (χ3v) is 2.39. The van der Waals surface area contributed by atoms with Crippen molar-refractivity contribution in [2.45, 2.75) is 52.4 Å². The Bertz CT molecular complexity index is 105. The molecule has 0 aliphatic heterocycles. The van der Waals surface area contributed by atoms with Crippen LogP contribution in [0.25, 0.3) is 0 Å². The highest BCUT2D eigenvalue weighted by Gasteiger charge is 1.98. The van der Waals surface area contributed by atoms with Crippen molar-refractivity contribution >= 4 is 16.8 Å². The minimum atomic E-state index is -0.269. The fourth-order valence-electron chi connectivity index (χ4n) is 1.06. The second-order valence-electron chi connectivity index (χ2n) is 3.58. The molecule has 1 rings (SSSR count). The van der Waals surface area contributed by atoms with Gasteiger partial charge in [-0.25, -0.2) is 0 Å². The Morgan fingerprint density at radius 3 is 1.25 bits per heavy atom. The number of rotatable bonds is 1. The minimum Gasteiger partial charge on any atom is -0.281 e. The molecule has 0 unspecified atom stereocenters. The van der Waals surface area contributed by atoms with Gasteiger partial charge in [-0.15, -0.1) is 0 Å². The number of hydrogen-bond acceptors (Lipinski definition) is 1. The molecule has 0 bridgehead atoms. The van der Waals surface area contributed by atoms with Crippen molar-refractivity contribution in [3.8, 4) is 0 Å². The molecule has 0 aromatic carbocycles. The maximum atomic E-state index is 9.91. The van der Waals surface area contributed by atoms with Gasteiger partial charge >= 0.3 is 0 Å². The molecule has 0 spiro atoms. The van der Waals surface area contributed by atoms with Gasteiger partial charge in [0.1, 0.15) is 0 Å². The van der Waals surface area contributed by atoms with Gasteiger partial charge in [0.05, 0.1) is 0 Å². The Hall–Kier alpha value is -0.0400. The normalized spacial score (nSPS) is 16.7. The summed E-state index contributed by atoms with van der Waals surface area (Å²) in [6.07, 6.45) is 9.00. The molecule has 0 aromatic heterocycles. The summed E-state index contributed by atoms with van der Waals surface area (Å²) in [5.41, 5.74) is 0. The highest BCUT2D eigenvalue weighted by atomic mass is 35.5. The van der Waals surface area contributed by atoms with Crippen LogP contribution in [0.3, 0.4) is 0 Å². The first kappa shape index (κ1) is 12.0. The molecule has 0 amide bonds. The topological polar surface area (TPSA) is 17.1 Å². The van der Waals surface area contributed by atoms with E-state index in [0.29, 0.717) is 0 Å². The van der Waals surface area contributed by atoms with Gasteiger partial charge in [0.15, 0.2) is 0 Å². The van der Waals surface area contributed by atoms with Crippen molar-refractivity contribution in [3.63, 3.8) is 0 Å². The Morgan fingerprint density at radius 1 is 1.00 bits per heavy atom. The highest BCUT2D eigenvalue weighted by Crippen LogP contribution is 2.15. The van der Waals surface area contributed by atoms with E-state index in [2.05, 4.69) is 0 Å². The van der Waals surface area contributed by atoms with Crippen LogP contribution in [0.4, 0.5) is 0 Å². The van der Waals surface area contributed by atoms with E-state index in [1.54, 1.807) is 13.8 Å². The summed E-state index contributed by atoms with van der Waals surface area (Å²) in [4.78, 5) is 9.91. The van der Waals surface area contributed by atoms with Crippen LogP contribution in [0, 0.1) is 5.92 Å². The summed E-state index contributed by atoms with van der Waals surface area (Å²) in [6.45, 7) is 3.52. The zero-order chi connectivity index (χ0) is 9.40. The van der Waals surface area contributed by atoms with Gasteiger partial charge in [-0.2, -0.15) is 0 Å². The summed E-state index contributed by atoms with van der Waals surface area (Å²) >= 11 is 4.97. The fourth-order valence-corrected chi connectivity index (χ4v) is 1.06. The first-order valence-corrected chi connectivity index (χ1v) is 5.21. The SMILES string of the molecule is C1CCCCC1.CC(C)C(=O)Cl. The quantitative estimate of drug-likeness (QED) is 0.576. The van der Waals surface area contributed by atoms with Crippen molar-refractivity contribution in [1.29, 1.82) is 0 Å². The van der Waals surface area contributed by atoms with E-state index in [1.807, 2.05) is 0 Å². The number of carbonyl (C=O) groups excluding carboxylic acids is 1. The van der Waals surface area contributed by atoms with Gasteiger partial charge in [-0.1, -0.05) is 52.4 Å². The Kier molecular flexibility index (Phi) is 7.58. The molecule has 0 N–H and O–H groups in total. The lowest BCUT2D eigenvalue weighted by Crippen LogP contribution is -1.95. The number of hydrogen-bond donors (Lipinski definition) is 0. The summed E-state index contributed by atoms with van der Waals surface area (Å²) in [7, 11) is 0. The van der Waals surface area contributed by atoms with Gasteiger partial charge in [0, 0.05) is 5.92 Å². The lowest BCUT2D eigenvalue weighted by molar-refractivity contribution is -0.114. The predicted octanol–water partition coefficient (Wildman–Crippen LogP) is 3.75. The van der Waals surface area contributed by atoms with E-state index in [9.17, 15) is 4.79 Å². The van der Waals surface area contributed by atoms with Crippen LogP contribution in [0.5, 0.6) is 0 Å². The summed E-state index contributed by atoms with van der Waals surface area (Å²) < 4.78 is 0. The third kappa shape index (κ3) is 8.06. The zero-order valence-electron chi connectivity index (χ0n) is 8.11. The van der Waals surface area contributed by atoms with Crippen LogP contribution in [0.15, 0.2) is 0 Å². The third-order valence-electron chi connectivity index (χ3n) is 1.95. The lowest BCUT2D eigenvalue weighted by atomic mass is 10.0. The van der Waals surface area contributed by atoms with Crippen LogP contribution in [0.2, 0.25) is 0 Å². The van der Waals surface area contributed by atoms with E-state index in [4.69, 9.17) is 11.6 Å². The number of halogens is 1. The summed E-state index contributed by atoms with van der Waals surface area (Å²) in [5.74, 6) is -0.0216.